The van der Waals surface area contributed by atoms with Crippen molar-refractivity contribution in [3.05, 3.63) is 29.6 Å². The number of hydrogen-bond acceptors (Lipinski definition) is 4. The average molecular weight is 270 g/mol. The molecule has 2 heterocycles. The fourth-order valence-electron chi connectivity index (χ4n) is 2.24. The minimum atomic E-state index is -3.43. The van der Waals surface area contributed by atoms with E-state index in [0.717, 1.165) is 22.9 Å². The summed E-state index contributed by atoms with van der Waals surface area (Å²) in [7, 11) is 0. The Morgan fingerprint density at radius 3 is 2.84 bits per heavy atom. The second kappa shape index (κ2) is 3.53. The number of tetrazole rings is 1. The molecular weight excluding hydrogens is 261 g/mol. The molecule has 0 fully saturated rings. The number of halogens is 3. The first kappa shape index (κ1) is 12.1. The van der Waals surface area contributed by atoms with Gasteiger partial charge in [-0.3, -0.25) is 0 Å². The summed E-state index contributed by atoms with van der Waals surface area (Å²) in [5.41, 5.74) is -2.48. The van der Waals surface area contributed by atoms with Crippen LogP contribution in [0.25, 0.3) is 11.4 Å². The number of aliphatic hydroxyl groups is 1. The van der Waals surface area contributed by atoms with Crippen molar-refractivity contribution in [3.63, 3.8) is 0 Å². The maximum absolute atomic E-state index is 13.7. The summed E-state index contributed by atoms with van der Waals surface area (Å²) in [6, 6.07) is 3.20. The molecule has 0 saturated heterocycles. The van der Waals surface area contributed by atoms with Gasteiger partial charge in [-0.2, -0.15) is 0 Å². The zero-order valence-electron chi connectivity index (χ0n) is 9.81. The van der Waals surface area contributed by atoms with E-state index in [0.29, 0.717) is 6.92 Å². The predicted octanol–water partition coefficient (Wildman–Crippen LogP) is 1.34. The number of rotatable bonds is 1. The Morgan fingerprint density at radius 1 is 1.42 bits per heavy atom. The van der Waals surface area contributed by atoms with Crippen LogP contribution in [0.15, 0.2) is 18.2 Å². The summed E-state index contributed by atoms with van der Waals surface area (Å²) >= 11 is 0. The zero-order chi connectivity index (χ0) is 13.8. The molecule has 0 bridgehead atoms. The highest BCUT2D eigenvalue weighted by molar-refractivity contribution is 5.64. The van der Waals surface area contributed by atoms with Crippen LogP contribution in [0.1, 0.15) is 12.5 Å². The van der Waals surface area contributed by atoms with Gasteiger partial charge in [0, 0.05) is 18.1 Å². The Bertz CT molecular complexity index is 652. The lowest BCUT2D eigenvalue weighted by molar-refractivity contribution is -0.186. The van der Waals surface area contributed by atoms with E-state index in [1.807, 2.05) is 0 Å². The van der Waals surface area contributed by atoms with Crippen LogP contribution in [0.2, 0.25) is 0 Å². The van der Waals surface area contributed by atoms with Crippen LogP contribution in [0, 0.1) is 5.82 Å². The molecule has 0 unspecified atom stereocenters. The molecule has 0 amide bonds. The third-order valence-corrected chi connectivity index (χ3v) is 3.30. The molecule has 5 nitrogen and oxygen atoms in total. The van der Waals surface area contributed by atoms with Crippen LogP contribution in [-0.4, -0.2) is 31.2 Å². The van der Waals surface area contributed by atoms with Gasteiger partial charge in [0.15, 0.2) is 11.4 Å². The molecule has 0 saturated carbocycles. The average Bonchev–Trinajstić information content (AvgIpc) is 2.75. The van der Waals surface area contributed by atoms with E-state index in [1.54, 1.807) is 0 Å². The van der Waals surface area contributed by atoms with Gasteiger partial charge in [0.05, 0.1) is 6.54 Å². The molecule has 1 aromatic heterocycles. The maximum atomic E-state index is 13.7. The Hall–Kier alpha value is -1.96. The van der Waals surface area contributed by atoms with E-state index < -0.39 is 23.9 Å². The lowest BCUT2D eigenvalue weighted by Gasteiger charge is -2.37. The van der Waals surface area contributed by atoms with Gasteiger partial charge in [-0.1, -0.05) is 6.07 Å². The second-order valence-corrected chi connectivity index (χ2v) is 4.60. The molecule has 1 atom stereocenters. The van der Waals surface area contributed by atoms with Crippen molar-refractivity contribution in [1.82, 2.24) is 20.2 Å². The standard InChI is InChI=1S/C11H9F3N4O/c1-10(13,14)11(19)5-18-9(15-16-17-18)7-4-6(12)2-3-8(7)11/h2-4,19H,5H2,1H3/t11-/m0/s1. The first-order valence-corrected chi connectivity index (χ1v) is 5.50. The number of nitrogens with zero attached hydrogens (tertiary/aromatic N) is 4. The summed E-state index contributed by atoms with van der Waals surface area (Å²) in [6.07, 6.45) is 0. The minimum absolute atomic E-state index is 0.0697. The largest absolute Gasteiger partial charge is 0.377 e. The van der Waals surface area contributed by atoms with Crippen molar-refractivity contribution >= 4 is 0 Å². The van der Waals surface area contributed by atoms with Gasteiger partial charge in [-0.15, -0.1) is 5.10 Å². The van der Waals surface area contributed by atoms with Crippen molar-refractivity contribution in [2.75, 3.05) is 0 Å². The van der Waals surface area contributed by atoms with E-state index in [1.165, 1.54) is 0 Å². The fraction of sp³-hybridized carbons (Fsp3) is 0.364. The summed E-state index contributed by atoms with van der Waals surface area (Å²) in [6.45, 7) is 0.118. The van der Waals surface area contributed by atoms with Crippen LogP contribution in [0.4, 0.5) is 13.2 Å². The number of alkyl halides is 2. The van der Waals surface area contributed by atoms with Crippen molar-refractivity contribution < 1.29 is 18.3 Å². The second-order valence-electron chi connectivity index (χ2n) is 4.60. The number of aromatic nitrogens is 4. The van der Waals surface area contributed by atoms with Crippen molar-refractivity contribution in [2.45, 2.75) is 25.0 Å². The zero-order valence-corrected chi connectivity index (χ0v) is 9.81. The molecule has 2 aromatic rings. The van der Waals surface area contributed by atoms with E-state index in [2.05, 4.69) is 15.5 Å². The SMILES string of the molecule is CC(F)(F)[C@]1(O)Cn2nnnc2-c2cc(F)ccc21. The molecule has 1 aromatic carbocycles. The van der Waals surface area contributed by atoms with Crippen LogP contribution >= 0.6 is 0 Å². The van der Waals surface area contributed by atoms with Crippen LogP contribution in [-0.2, 0) is 12.1 Å². The first-order valence-electron chi connectivity index (χ1n) is 5.50. The summed E-state index contributed by atoms with van der Waals surface area (Å²) in [5.74, 6) is -3.89. The van der Waals surface area contributed by atoms with Crippen LogP contribution < -0.4 is 0 Å². The molecule has 3 rings (SSSR count). The van der Waals surface area contributed by atoms with E-state index in [4.69, 9.17) is 0 Å². The van der Waals surface area contributed by atoms with E-state index in [9.17, 15) is 18.3 Å². The molecular formula is C11H9F3N4O. The van der Waals surface area contributed by atoms with Crippen molar-refractivity contribution in [2.24, 2.45) is 0 Å². The van der Waals surface area contributed by atoms with Gasteiger partial charge < -0.3 is 5.11 Å². The lowest BCUT2D eigenvalue weighted by Crippen LogP contribution is -2.49. The highest BCUT2D eigenvalue weighted by atomic mass is 19.3. The maximum Gasteiger partial charge on any atom is 0.279 e. The van der Waals surface area contributed by atoms with Crippen LogP contribution in [0.5, 0.6) is 0 Å². The normalized spacial score (nSPS) is 21.9. The van der Waals surface area contributed by atoms with Gasteiger partial charge in [-0.25, -0.2) is 17.9 Å². The van der Waals surface area contributed by atoms with E-state index in [-0.39, 0.29) is 17.0 Å². The Balaban J connectivity index is 2.32. The summed E-state index contributed by atoms with van der Waals surface area (Å²) in [4.78, 5) is 0. The predicted molar refractivity (Wildman–Crippen MR) is 57.7 cm³/mol. The molecule has 19 heavy (non-hydrogen) atoms. The molecule has 8 heteroatoms. The molecule has 1 aliphatic rings. The summed E-state index contributed by atoms with van der Waals surface area (Å²) in [5, 5.41) is 20.9. The molecule has 0 aliphatic carbocycles. The van der Waals surface area contributed by atoms with Gasteiger partial charge in [0.1, 0.15) is 5.82 Å². The van der Waals surface area contributed by atoms with E-state index >= 15 is 0 Å². The molecule has 100 valence electrons. The molecule has 0 spiro atoms. The fourth-order valence-corrected chi connectivity index (χ4v) is 2.24. The highest BCUT2D eigenvalue weighted by Gasteiger charge is 2.54. The third kappa shape index (κ3) is 1.56. The van der Waals surface area contributed by atoms with Crippen LogP contribution in [0.3, 0.4) is 0 Å². The molecule has 1 aliphatic heterocycles. The molecule has 1 N–H and O–H groups in total. The van der Waals surface area contributed by atoms with Crippen molar-refractivity contribution in [3.8, 4) is 11.4 Å². The quantitative estimate of drug-likeness (QED) is 0.849. The highest BCUT2D eigenvalue weighted by Crippen LogP contribution is 2.45. The smallest absolute Gasteiger partial charge is 0.279 e. The number of fused-ring (bicyclic) bond motifs is 3. The number of benzene rings is 1. The Labute approximate surface area is 105 Å². The van der Waals surface area contributed by atoms with Gasteiger partial charge in [0.25, 0.3) is 5.92 Å². The van der Waals surface area contributed by atoms with Gasteiger partial charge >= 0.3 is 0 Å². The van der Waals surface area contributed by atoms with Gasteiger partial charge in [-0.05, 0) is 22.6 Å². The number of hydrogen-bond donors (Lipinski definition) is 1. The van der Waals surface area contributed by atoms with Gasteiger partial charge in [0.2, 0.25) is 0 Å². The Morgan fingerprint density at radius 2 is 2.16 bits per heavy atom. The first-order chi connectivity index (χ1) is 8.83. The topological polar surface area (TPSA) is 63.8 Å². The summed E-state index contributed by atoms with van der Waals surface area (Å²) < 4.78 is 41.8. The third-order valence-electron chi connectivity index (χ3n) is 3.30. The lowest BCUT2D eigenvalue weighted by atomic mass is 9.82. The Kier molecular flexibility index (Phi) is 2.25. The monoisotopic (exact) mass is 270 g/mol. The molecule has 0 radical (unpaired) electrons. The minimum Gasteiger partial charge on any atom is -0.377 e. The van der Waals surface area contributed by atoms with Crippen molar-refractivity contribution in [1.29, 1.82) is 0 Å².